The highest BCUT2D eigenvalue weighted by molar-refractivity contribution is 5.86. The molecule has 2 aromatic heterocycles. The van der Waals surface area contributed by atoms with Crippen molar-refractivity contribution in [1.82, 2.24) is 9.66 Å². The Hall–Kier alpha value is -4.39. The van der Waals surface area contributed by atoms with Crippen molar-refractivity contribution in [3.63, 3.8) is 0 Å². The summed E-state index contributed by atoms with van der Waals surface area (Å²) >= 11 is 0. The zero-order valence-electron chi connectivity index (χ0n) is 19.8. The molecule has 0 fully saturated rings. The average molecular weight is 468 g/mol. The highest BCUT2D eigenvalue weighted by Gasteiger charge is 2.17. The summed E-state index contributed by atoms with van der Waals surface area (Å²) in [6, 6.07) is 22.3. The van der Waals surface area contributed by atoms with Gasteiger partial charge in [-0.15, -0.1) is 0 Å². The molecule has 5 rings (SSSR count). The normalized spacial score (nSPS) is 12.4. The molecule has 0 aliphatic carbocycles. The maximum atomic E-state index is 13.5. The van der Waals surface area contributed by atoms with E-state index in [4.69, 9.17) is 18.9 Å². The Bertz CT molecular complexity index is 1570. The SMILES string of the molecule is CC[C@@H](C)Oc1c(C=Nn2c(-c3cc4ccccc4o3)nc3ccccc3c2=O)cccc1OC. The van der Waals surface area contributed by atoms with Crippen molar-refractivity contribution in [3.05, 3.63) is 88.7 Å². The zero-order valence-corrected chi connectivity index (χ0v) is 19.8. The first kappa shape index (κ1) is 22.4. The van der Waals surface area contributed by atoms with E-state index in [1.54, 1.807) is 31.5 Å². The van der Waals surface area contributed by atoms with Gasteiger partial charge in [-0.25, -0.2) is 4.98 Å². The molecule has 0 aliphatic heterocycles. The van der Waals surface area contributed by atoms with Gasteiger partial charge >= 0.3 is 0 Å². The number of furan rings is 1. The molecule has 0 spiro atoms. The van der Waals surface area contributed by atoms with E-state index in [9.17, 15) is 4.79 Å². The fraction of sp³-hybridized carbons (Fsp3) is 0.179. The van der Waals surface area contributed by atoms with Crippen LogP contribution in [-0.2, 0) is 0 Å². The molecule has 3 aromatic carbocycles. The molecule has 0 bridgehead atoms. The lowest BCUT2D eigenvalue weighted by Crippen LogP contribution is -2.20. The van der Waals surface area contributed by atoms with E-state index in [1.165, 1.54) is 4.68 Å². The minimum Gasteiger partial charge on any atom is -0.493 e. The van der Waals surface area contributed by atoms with Gasteiger partial charge in [0.05, 0.1) is 30.3 Å². The summed E-state index contributed by atoms with van der Waals surface area (Å²) in [5.41, 5.74) is 1.66. The van der Waals surface area contributed by atoms with Crippen LogP contribution >= 0.6 is 0 Å². The molecule has 1 atom stereocenters. The number of rotatable bonds is 7. The predicted octanol–water partition coefficient (Wildman–Crippen LogP) is 5.88. The van der Waals surface area contributed by atoms with Gasteiger partial charge in [0.2, 0.25) is 5.82 Å². The van der Waals surface area contributed by atoms with Crippen molar-refractivity contribution in [2.24, 2.45) is 5.10 Å². The van der Waals surface area contributed by atoms with Crippen molar-refractivity contribution >= 4 is 28.1 Å². The predicted molar refractivity (Wildman–Crippen MR) is 138 cm³/mol. The second-order valence-corrected chi connectivity index (χ2v) is 8.18. The van der Waals surface area contributed by atoms with Crippen LogP contribution in [0.5, 0.6) is 11.5 Å². The van der Waals surface area contributed by atoms with Gasteiger partial charge in [0.25, 0.3) is 5.56 Å². The number of methoxy groups -OCH3 is 1. The maximum absolute atomic E-state index is 13.5. The van der Waals surface area contributed by atoms with Crippen molar-refractivity contribution in [2.45, 2.75) is 26.4 Å². The van der Waals surface area contributed by atoms with E-state index in [-0.39, 0.29) is 11.7 Å². The molecule has 0 N–H and O–H groups in total. The van der Waals surface area contributed by atoms with E-state index >= 15 is 0 Å². The van der Waals surface area contributed by atoms with Gasteiger partial charge < -0.3 is 13.9 Å². The standard InChI is InChI=1S/C28H25N3O4/c1-4-18(2)34-26-20(11-9-15-24(26)33-3)17-29-31-27(25-16-19-10-5-8-14-23(19)35-25)30-22-13-7-6-12-21(22)28(31)32/h5-18H,4H2,1-3H3/t18-/m1/s1. The molecule has 5 aromatic rings. The summed E-state index contributed by atoms with van der Waals surface area (Å²) < 4.78 is 18.9. The van der Waals surface area contributed by atoms with Crippen LogP contribution < -0.4 is 15.0 Å². The molecule has 0 amide bonds. The van der Waals surface area contributed by atoms with Gasteiger partial charge in [-0.3, -0.25) is 4.79 Å². The average Bonchev–Trinajstić information content (AvgIpc) is 3.33. The molecule has 0 aliphatic rings. The van der Waals surface area contributed by atoms with Gasteiger partial charge in [0.15, 0.2) is 17.3 Å². The van der Waals surface area contributed by atoms with Crippen LogP contribution in [0.15, 0.2) is 87.1 Å². The minimum atomic E-state index is -0.297. The molecule has 2 heterocycles. The van der Waals surface area contributed by atoms with E-state index in [2.05, 4.69) is 5.10 Å². The van der Waals surface area contributed by atoms with E-state index in [0.717, 1.165) is 11.8 Å². The van der Waals surface area contributed by atoms with Crippen molar-refractivity contribution in [2.75, 3.05) is 7.11 Å². The number of benzene rings is 3. The summed E-state index contributed by atoms with van der Waals surface area (Å²) in [5, 5.41) is 5.94. The van der Waals surface area contributed by atoms with Gasteiger partial charge in [-0.1, -0.05) is 43.3 Å². The number of hydrogen-bond donors (Lipinski definition) is 0. The van der Waals surface area contributed by atoms with Crippen LogP contribution in [0.2, 0.25) is 0 Å². The maximum Gasteiger partial charge on any atom is 0.282 e. The highest BCUT2D eigenvalue weighted by Crippen LogP contribution is 2.32. The highest BCUT2D eigenvalue weighted by atomic mass is 16.5. The van der Waals surface area contributed by atoms with Gasteiger partial charge in [-0.2, -0.15) is 9.78 Å². The lowest BCUT2D eigenvalue weighted by molar-refractivity contribution is 0.207. The molecule has 35 heavy (non-hydrogen) atoms. The van der Waals surface area contributed by atoms with E-state index < -0.39 is 0 Å². The summed E-state index contributed by atoms with van der Waals surface area (Å²) in [6.45, 7) is 4.04. The Labute approximate surface area is 202 Å². The Kier molecular flexibility index (Phi) is 6.06. The third-order valence-electron chi connectivity index (χ3n) is 5.84. The lowest BCUT2D eigenvalue weighted by Gasteiger charge is -2.17. The molecule has 7 nitrogen and oxygen atoms in total. The van der Waals surface area contributed by atoms with Gasteiger partial charge in [0, 0.05) is 10.9 Å². The van der Waals surface area contributed by atoms with Crippen LogP contribution in [0.3, 0.4) is 0 Å². The minimum absolute atomic E-state index is 0.0189. The Balaban J connectivity index is 1.69. The summed E-state index contributed by atoms with van der Waals surface area (Å²) in [5.74, 6) is 1.93. The topological polar surface area (TPSA) is 78.9 Å². The van der Waals surface area contributed by atoms with Crippen molar-refractivity contribution in [1.29, 1.82) is 0 Å². The third kappa shape index (κ3) is 4.28. The number of nitrogens with zero attached hydrogens (tertiary/aromatic N) is 3. The van der Waals surface area contributed by atoms with Crippen LogP contribution in [0.4, 0.5) is 0 Å². The summed E-state index contributed by atoms with van der Waals surface area (Å²) in [6.07, 6.45) is 2.40. The van der Waals surface area contributed by atoms with E-state index in [0.29, 0.717) is 45.1 Å². The van der Waals surface area contributed by atoms with Gasteiger partial charge in [-0.05, 0) is 49.7 Å². The van der Waals surface area contributed by atoms with Crippen LogP contribution in [0.1, 0.15) is 25.8 Å². The smallest absolute Gasteiger partial charge is 0.282 e. The number of ether oxygens (including phenoxy) is 2. The lowest BCUT2D eigenvalue weighted by atomic mass is 10.2. The molecular formula is C28H25N3O4. The third-order valence-corrected chi connectivity index (χ3v) is 5.84. The first-order valence-electron chi connectivity index (χ1n) is 11.5. The number of para-hydroxylation sites is 3. The zero-order chi connectivity index (χ0) is 24.4. The van der Waals surface area contributed by atoms with Crippen LogP contribution in [-0.4, -0.2) is 29.1 Å². The number of fused-ring (bicyclic) bond motifs is 2. The molecule has 0 saturated carbocycles. The second kappa shape index (κ2) is 9.46. The molecule has 176 valence electrons. The van der Waals surface area contributed by atoms with Crippen LogP contribution in [0, 0.1) is 0 Å². The van der Waals surface area contributed by atoms with E-state index in [1.807, 2.05) is 68.4 Å². The Morgan fingerprint density at radius 2 is 1.89 bits per heavy atom. The van der Waals surface area contributed by atoms with Gasteiger partial charge in [0.1, 0.15) is 5.58 Å². The largest absolute Gasteiger partial charge is 0.493 e. The molecule has 0 unspecified atom stereocenters. The number of aromatic nitrogens is 2. The molecular weight excluding hydrogens is 442 g/mol. The van der Waals surface area contributed by atoms with Crippen molar-refractivity contribution in [3.8, 4) is 23.1 Å². The molecule has 7 heteroatoms. The quantitative estimate of drug-likeness (QED) is 0.279. The first-order valence-corrected chi connectivity index (χ1v) is 11.5. The number of hydrogen-bond acceptors (Lipinski definition) is 6. The summed E-state index contributed by atoms with van der Waals surface area (Å²) in [7, 11) is 1.59. The fourth-order valence-electron chi connectivity index (χ4n) is 3.81. The first-order chi connectivity index (χ1) is 17.1. The Morgan fingerprint density at radius 1 is 1.09 bits per heavy atom. The fourth-order valence-corrected chi connectivity index (χ4v) is 3.81. The monoisotopic (exact) mass is 467 g/mol. The Morgan fingerprint density at radius 3 is 2.69 bits per heavy atom. The molecule has 0 radical (unpaired) electrons. The van der Waals surface area contributed by atoms with Crippen molar-refractivity contribution < 1.29 is 13.9 Å². The second-order valence-electron chi connectivity index (χ2n) is 8.18. The summed E-state index contributed by atoms with van der Waals surface area (Å²) in [4.78, 5) is 18.2. The molecule has 0 saturated heterocycles. The van der Waals surface area contributed by atoms with Crippen LogP contribution in [0.25, 0.3) is 33.5 Å².